The Morgan fingerprint density at radius 1 is 1.69 bits per heavy atom. The Balaban J connectivity index is 2.35. The van der Waals surface area contributed by atoms with Crippen molar-refractivity contribution in [3.63, 3.8) is 0 Å². The van der Waals surface area contributed by atoms with Crippen LogP contribution >= 0.6 is 11.3 Å². The first kappa shape index (κ1) is 10.6. The fourth-order valence-corrected chi connectivity index (χ4v) is 1.77. The molecule has 1 aromatic rings. The molecule has 1 N–H and O–H groups in total. The summed E-state index contributed by atoms with van der Waals surface area (Å²) in [6.07, 6.45) is 2.96. The number of rotatable bonds is 6. The lowest BCUT2D eigenvalue weighted by atomic mass is 10.3. The van der Waals surface area contributed by atoms with Crippen LogP contribution in [0.3, 0.4) is 0 Å². The van der Waals surface area contributed by atoms with Crippen molar-refractivity contribution in [2.75, 3.05) is 20.3 Å². The standard InChI is InChI=1S/C9H16N2OS/c1-3-4-12-6-8(10-2)9-5-11-7-13-9/h5,7-8,10H,3-4,6H2,1-2H3. The summed E-state index contributed by atoms with van der Waals surface area (Å²) in [4.78, 5) is 5.28. The number of hydrogen-bond acceptors (Lipinski definition) is 4. The molecule has 0 aliphatic rings. The maximum atomic E-state index is 5.48. The number of thiazole rings is 1. The van der Waals surface area contributed by atoms with Crippen molar-refractivity contribution in [3.05, 3.63) is 16.6 Å². The molecule has 0 aliphatic carbocycles. The van der Waals surface area contributed by atoms with Gasteiger partial charge in [0.25, 0.3) is 0 Å². The van der Waals surface area contributed by atoms with Gasteiger partial charge in [-0.25, -0.2) is 0 Å². The second kappa shape index (κ2) is 6.07. The summed E-state index contributed by atoms with van der Waals surface area (Å²) in [6, 6.07) is 0.291. The summed E-state index contributed by atoms with van der Waals surface area (Å²) in [5, 5.41) is 3.21. The highest BCUT2D eigenvalue weighted by atomic mass is 32.1. The van der Waals surface area contributed by atoms with Gasteiger partial charge in [-0.3, -0.25) is 4.98 Å². The van der Waals surface area contributed by atoms with Crippen LogP contribution in [0.4, 0.5) is 0 Å². The molecule has 4 heteroatoms. The van der Waals surface area contributed by atoms with Crippen LogP contribution in [0.25, 0.3) is 0 Å². The summed E-state index contributed by atoms with van der Waals surface area (Å²) in [5.41, 5.74) is 1.85. The quantitative estimate of drug-likeness (QED) is 0.711. The molecule has 0 aliphatic heterocycles. The second-order valence-electron chi connectivity index (χ2n) is 2.82. The molecule has 0 aromatic carbocycles. The van der Waals surface area contributed by atoms with Crippen molar-refractivity contribution in [1.29, 1.82) is 0 Å². The molecule has 1 heterocycles. The molecule has 13 heavy (non-hydrogen) atoms. The zero-order chi connectivity index (χ0) is 9.52. The zero-order valence-electron chi connectivity index (χ0n) is 8.12. The lowest BCUT2D eigenvalue weighted by molar-refractivity contribution is 0.115. The molecule has 0 radical (unpaired) electrons. The molecule has 0 bridgehead atoms. The van der Waals surface area contributed by atoms with E-state index in [1.54, 1.807) is 11.3 Å². The molecule has 3 nitrogen and oxygen atoms in total. The normalized spacial score (nSPS) is 13.1. The van der Waals surface area contributed by atoms with Gasteiger partial charge in [0, 0.05) is 17.7 Å². The maximum Gasteiger partial charge on any atom is 0.0794 e. The van der Waals surface area contributed by atoms with Crippen molar-refractivity contribution < 1.29 is 4.74 Å². The van der Waals surface area contributed by atoms with E-state index in [-0.39, 0.29) is 0 Å². The Morgan fingerprint density at radius 3 is 3.08 bits per heavy atom. The van der Waals surface area contributed by atoms with Gasteiger partial charge in [0.05, 0.1) is 18.2 Å². The Labute approximate surface area is 83.1 Å². The molecule has 0 saturated carbocycles. The second-order valence-corrected chi connectivity index (χ2v) is 3.74. The van der Waals surface area contributed by atoms with Crippen LogP contribution in [0.5, 0.6) is 0 Å². The molecule has 1 rings (SSSR count). The van der Waals surface area contributed by atoms with Crippen LogP contribution in [0.1, 0.15) is 24.3 Å². The highest BCUT2D eigenvalue weighted by Crippen LogP contribution is 2.16. The van der Waals surface area contributed by atoms with Gasteiger partial charge in [-0.05, 0) is 13.5 Å². The van der Waals surface area contributed by atoms with E-state index < -0.39 is 0 Å². The predicted molar refractivity (Wildman–Crippen MR) is 55.0 cm³/mol. The summed E-state index contributed by atoms with van der Waals surface area (Å²) >= 11 is 1.66. The van der Waals surface area contributed by atoms with Gasteiger partial charge in [-0.2, -0.15) is 0 Å². The van der Waals surface area contributed by atoms with Gasteiger partial charge in [-0.1, -0.05) is 6.92 Å². The van der Waals surface area contributed by atoms with Crippen LogP contribution in [0.15, 0.2) is 11.7 Å². The summed E-state index contributed by atoms with van der Waals surface area (Å²) < 4.78 is 5.48. The molecule has 0 spiro atoms. The van der Waals surface area contributed by atoms with Gasteiger partial charge < -0.3 is 10.1 Å². The number of nitrogens with zero attached hydrogens (tertiary/aromatic N) is 1. The Kier molecular flexibility index (Phi) is 4.97. The third-order valence-corrected chi connectivity index (χ3v) is 2.67. The molecule has 0 fully saturated rings. The fraction of sp³-hybridized carbons (Fsp3) is 0.667. The van der Waals surface area contributed by atoms with E-state index in [1.165, 1.54) is 4.88 Å². The molecule has 74 valence electrons. The van der Waals surface area contributed by atoms with Crippen molar-refractivity contribution in [3.8, 4) is 0 Å². The summed E-state index contributed by atoms with van der Waals surface area (Å²) in [6.45, 7) is 3.67. The first-order chi connectivity index (χ1) is 6.38. The lowest BCUT2D eigenvalue weighted by Crippen LogP contribution is -2.21. The van der Waals surface area contributed by atoms with Crippen LogP contribution in [0, 0.1) is 0 Å². The van der Waals surface area contributed by atoms with Crippen LogP contribution in [-0.2, 0) is 4.74 Å². The van der Waals surface area contributed by atoms with E-state index in [4.69, 9.17) is 4.74 Å². The minimum absolute atomic E-state index is 0.291. The van der Waals surface area contributed by atoms with E-state index in [9.17, 15) is 0 Å². The van der Waals surface area contributed by atoms with Crippen LogP contribution in [-0.4, -0.2) is 25.2 Å². The largest absolute Gasteiger partial charge is 0.379 e. The van der Waals surface area contributed by atoms with Gasteiger partial charge in [0.2, 0.25) is 0 Å². The summed E-state index contributed by atoms with van der Waals surface area (Å²) in [7, 11) is 1.94. The van der Waals surface area contributed by atoms with Crippen molar-refractivity contribution in [1.82, 2.24) is 10.3 Å². The van der Waals surface area contributed by atoms with E-state index in [2.05, 4.69) is 17.2 Å². The van der Waals surface area contributed by atoms with Crippen LogP contribution in [0.2, 0.25) is 0 Å². The zero-order valence-corrected chi connectivity index (χ0v) is 8.93. The first-order valence-electron chi connectivity index (χ1n) is 4.51. The van der Waals surface area contributed by atoms with E-state index >= 15 is 0 Å². The number of nitrogens with one attached hydrogen (secondary N) is 1. The van der Waals surface area contributed by atoms with Gasteiger partial charge in [-0.15, -0.1) is 11.3 Å². The molecular weight excluding hydrogens is 184 g/mol. The SMILES string of the molecule is CCCOCC(NC)c1cncs1. The van der Waals surface area contributed by atoms with Crippen LogP contribution < -0.4 is 5.32 Å². The van der Waals surface area contributed by atoms with Crippen molar-refractivity contribution >= 4 is 11.3 Å². The number of likely N-dealkylation sites (N-methyl/N-ethyl adjacent to an activating group) is 1. The Hall–Kier alpha value is -0.450. The minimum Gasteiger partial charge on any atom is -0.379 e. The molecule has 1 atom stereocenters. The van der Waals surface area contributed by atoms with Crippen molar-refractivity contribution in [2.24, 2.45) is 0 Å². The average Bonchev–Trinajstić information content (AvgIpc) is 2.65. The monoisotopic (exact) mass is 200 g/mol. The molecule has 1 aromatic heterocycles. The van der Waals surface area contributed by atoms with Gasteiger partial charge in [0.15, 0.2) is 0 Å². The third-order valence-electron chi connectivity index (χ3n) is 1.78. The maximum absolute atomic E-state index is 5.48. The highest BCUT2D eigenvalue weighted by molar-refractivity contribution is 7.09. The lowest BCUT2D eigenvalue weighted by Gasteiger charge is -2.13. The number of ether oxygens (including phenoxy) is 1. The third kappa shape index (κ3) is 3.42. The highest BCUT2D eigenvalue weighted by Gasteiger charge is 2.09. The minimum atomic E-state index is 0.291. The van der Waals surface area contributed by atoms with Gasteiger partial charge in [0.1, 0.15) is 0 Å². The predicted octanol–water partition coefficient (Wildman–Crippen LogP) is 1.83. The number of hydrogen-bond donors (Lipinski definition) is 1. The van der Waals surface area contributed by atoms with E-state index in [1.807, 2.05) is 18.8 Å². The smallest absolute Gasteiger partial charge is 0.0794 e. The topological polar surface area (TPSA) is 34.1 Å². The average molecular weight is 200 g/mol. The molecule has 1 unspecified atom stereocenters. The van der Waals surface area contributed by atoms with E-state index in [0.29, 0.717) is 6.04 Å². The Morgan fingerprint density at radius 2 is 2.54 bits per heavy atom. The Bertz CT molecular complexity index is 213. The van der Waals surface area contributed by atoms with Gasteiger partial charge >= 0.3 is 0 Å². The summed E-state index contributed by atoms with van der Waals surface area (Å²) in [5.74, 6) is 0. The van der Waals surface area contributed by atoms with Crippen molar-refractivity contribution in [2.45, 2.75) is 19.4 Å². The molecule has 0 amide bonds. The van der Waals surface area contributed by atoms with E-state index in [0.717, 1.165) is 19.6 Å². The molecule has 0 saturated heterocycles. The fourth-order valence-electron chi connectivity index (χ4n) is 1.05. The first-order valence-corrected chi connectivity index (χ1v) is 5.39. The molecular formula is C9H16N2OS. The number of aromatic nitrogens is 1.